The van der Waals surface area contributed by atoms with Crippen molar-refractivity contribution in [2.45, 2.75) is 20.3 Å². The van der Waals surface area contributed by atoms with Crippen LogP contribution in [-0.2, 0) is 0 Å². The minimum absolute atomic E-state index is 0.672. The zero-order chi connectivity index (χ0) is 15.1. The second-order valence-corrected chi connectivity index (χ2v) is 5.22. The summed E-state index contributed by atoms with van der Waals surface area (Å²) in [6.45, 7) is 5.31. The molecule has 2 N–H and O–H groups in total. The number of benzene rings is 1. The van der Waals surface area contributed by atoms with Crippen LogP contribution in [0.3, 0.4) is 0 Å². The van der Waals surface area contributed by atoms with Gasteiger partial charge < -0.3 is 15.4 Å². The Kier molecular flexibility index (Phi) is 5.37. The maximum Gasteiger partial charge on any atom is 0.142 e. The van der Waals surface area contributed by atoms with Crippen molar-refractivity contribution in [2.24, 2.45) is 5.92 Å². The second-order valence-electron chi connectivity index (χ2n) is 5.22. The molecule has 0 saturated heterocycles. The summed E-state index contributed by atoms with van der Waals surface area (Å²) in [5.74, 6) is 3.01. The lowest BCUT2D eigenvalue weighted by molar-refractivity contribution is 0.417. The van der Waals surface area contributed by atoms with Crippen LogP contribution in [-0.4, -0.2) is 23.6 Å². The lowest BCUT2D eigenvalue weighted by Gasteiger charge is -2.11. The molecule has 2 rings (SSSR count). The van der Waals surface area contributed by atoms with E-state index in [9.17, 15) is 0 Å². The molecule has 5 heteroatoms. The molecule has 0 fully saturated rings. The van der Waals surface area contributed by atoms with Crippen LogP contribution in [0.2, 0.25) is 0 Å². The van der Waals surface area contributed by atoms with Gasteiger partial charge in [-0.15, -0.1) is 0 Å². The van der Waals surface area contributed by atoms with Crippen LogP contribution in [0.4, 0.5) is 17.3 Å². The van der Waals surface area contributed by atoms with Crippen molar-refractivity contribution in [3.05, 3.63) is 36.7 Å². The fraction of sp³-hybridized carbons (Fsp3) is 0.375. The highest BCUT2D eigenvalue weighted by Gasteiger charge is 2.04. The van der Waals surface area contributed by atoms with Crippen molar-refractivity contribution in [3.63, 3.8) is 0 Å². The van der Waals surface area contributed by atoms with Crippen LogP contribution >= 0.6 is 0 Å². The first-order valence-electron chi connectivity index (χ1n) is 7.15. The van der Waals surface area contributed by atoms with Gasteiger partial charge in [0.15, 0.2) is 0 Å². The molecule has 0 aliphatic rings. The highest BCUT2D eigenvalue weighted by Crippen LogP contribution is 2.26. The third-order valence-electron chi connectivity index (χ3n) is 3.06. The van der Waals surface area contributed by atoms with E-state index in [1.165, 1.54) is 0 Å². The number of hydrogen-bond donors (Lipinski definition) is 2. The fourth-order valence-corrected chi connectivity index (χ4v) is 1.90. The molecule has 0 saturated carbocycles. The predicted molar refractivity (Wildman–Crippen MR) is 86.3 cm³/mol. The quantitative estimate of drug-likeness (QED) is 0.813. The van der Waals surface area contributed by atoms with Gasteiger partial charge in [0.2, 0.25) is 0 Å². The molecule has 0 aliphatic carbocycles. The normalized spacial score (nSPS) is 10.5. The third kappa shape index (κ3) is 4.63. The Labute approximate surface area is 125 Å². The molecule has 0 atom stereocenters. The molecule has 1 aromatic carbocycles. The first-order valence-corrected chi connectivity index (χ1v) is 7.15. The van der Waals surface area contributed by atoms with Gasteiger partial charge in [-0.1, -0.05) is 26.0 Å². The summed E-state index contributed by atoms with van der Waals surface area (Å²) >= 11 is 0. The van der Waals surface area contributed by atoms with Gasteiger partial charge in [0.25, 0.3) is 0 Å². The van der Waals surface area contributed by atoms with Gasteiger partial charge in [-0.05, 0) is 24.5 Å². The van der Waals surface area contributed by atoms with Gasteiger partial charge >= 0.3 is 0 Å². The summed E-state index contributed by atoms with van der Waals surface area (Å²) in [5.41, 5.74) is 0.881. The van der Waals surface area contributed by atoms with E-state index in [0.29, 0.717) is 5.92 Å². The molecular weight excluding hydrogens is 264 g/mol. The Morgan fingerprint density at radius 1 is 1.14 bits per heavy atom. The average molecular weight is 286 g/mol. The van der Waals surface area contributed by atoms with Gasteiger partial charge in [0.05, 0.1) is 12.8 Å². The van der Waals surface area contributed by atoms with E-state index in [0.717, 1.165) is 36.0 Å². The number of methoxy groups -OCH3 is 1. The molecule has 0 spiro atoms. The number of ether oxygens (including phenoxy) is 1. The molecule has 21 heavy (non-hydrogen) atoms. The molecule has 0 unspecified atom stereocenters. The van der Waals surface area contributed by atoms with Crippen molar-refractivity contribution < 1.29 is 4.74 Å². The van der Waals surface area contributed by atoms with Gasteiger partial charge in [-0.2, -0.15) is 0 Å². The molecule has 5 nitrogen and oxygen atoms in total. The zero-order valence-corrected chi connectivity index (χ0v) is 12.8. The maximum atomic E-state index is 5.32. The van der Waals surface area contributed by atoms with E-state index < -0.39 is 0 Å². The van der Waals surface area contributed by atoms with E-state index in [1.807, 2.05) is 30.3 Å². The molecule has 112 valence electrons. The van der Waals surface area contributed by atoms with Gasteiger partial charge in [0.1, 0.15) is 23.7 Å². The molecule has 0 radical (unpaired) electrons. The number of aromatic nitrogens is 2. The van der Waals surface area contributed by atoms with Crippen molar-refractivity contribution >= 4 is 17.3 Å². The molecule has 1 heterocycles. The lowest BCUT2D eigenvalue weighted by Crippen LogP contribution is -2.07. The highest BCUT2D eigenvalue weighted by molar-refractivity contribution is 5.65. The Balaban J connectivity index is 2.03. The summed E-state index contributed by atoms with van der Waals surface area (Å²) in [7, 11) is 1.65. The Morgan fingerprint density at radius 3 is 2.67 bits per heavy atom. The zero-order valence-electron chi connectivity index (χ0n) is 12.8. The average Bonchev–Trinajstić information content (AvgIpc) is 2.48. The van der Waals surface area contributed by atoms with E-state index in [1.54, 1.807) is 13.4 Å². The summed E-state index contributed by atoms with van der Waals surface area (Å²) < 4.78 is 5.32. The molecule has 0 aliphatic heterocycles. The van der Waals surface area contributed by atoms with Crippen molar-refractivity contribution in [2.75, 3.05) is 24.3 Å². The first kappa shape index (κ1) is 15.1. The van der Waals surface area contributed by atoms with Crippen molar-refractivity contribution in [3.8, 4) is 5.75 Å². The first-order chi connectivity index (χ1) is 10.2. The molecule has 0 bridgehead atoms. The fourth-order valence-electron chi connectivity index (χ4n) is 1.90. The summed E-state index contributed by atoms with van der Waals surface area (Å²) in [6.07, 6.45) is 2.66. The minimum atomic E-state index is 0.672. The highest BCUT2D eigenvalue weighted by atomic mass is 16.5. The standard InChI is InChI=1S/C16H22N4O/c1-12(2)8-9-17-15-10-16(19-11-18-15)20-13-6-4-5-7-14(13)21-3/h4-7,10-12H,8-9H2,1-3H3,(H2,17,18,19,20). The lowest BCUT2D eigenvalue weighted by atomic mass is 10.1. The minimum Gasteiger partial charge on any atom is -0.495 e. The Morgan fingerprint density at radius 2 is 1.90 bits per heavy atom. The van der Waals surface area contributed by atoms with Gasteiger partial charge in [0, 0.05) is 12.6 Å². The van der Waals surface area contributed by atoms with Gasteiger partial charge in [-0.25, -0.2) is 9.97 Å². The molecule has 1 aromatic heterocycles. The number of anilines is 3. The van der Waals surface area contributed by atoms with Crippen molar-refractivity contribution in [1.82, 2.24) is 9.97 Å². The predicted octanol–water partition coefficient (Wildman–Crippen LogP) is 3.69. The Hall–Kier alpha value is -2.30. The molecular formula is C16H22N4O. The largest absolute Gasteiger partial charge is 0.495 e. The third-order valence-corrected chi connectivity index (χ3v) is 3.06. The monoisotopic (exact) mass is 286 g/mol. The van der Waals surface area contributed by atoms with Crippen LogP contribution < -0.4 is 15.4 Å². The summed E-state index contributed by atoms with van der Waals surface area (Å²) in [6, 6.07) is 9.64. The number of nitrogens with one attached hydrogen (secondary N) is 2. The second kappa shape index (κ2) is 7.47. The Bertz CT molecular complexity index is 572. The number of nitrogens with zero attached hydrogens (tertiary/aromatic N) is 2. The van der Waals surface area contributed by atoms with Crippen LogP contribution in [0.25, 0.3) is 0 Å². The smallest absolute Gasteiger partial charge is 0.142 e. The van der Waals surface area contributed by atoms with Gasteiger partial charge in [-0.3, -0.25) is 0 Å². The molecule has 0 amide bonds. The van der Waals surface area contributed by atoms with Crippen LogP contribution in [0.1, 0.15) is 20.3 Å². The van der Waals surface area contributed by atoms with Crippen molar-refractivity contribution in [1.29, 1.82) is 0 Å². The summed E-state index contributed by atoms with van der Waals surface area (Å²) in [5, 5.41) is 6.56. The van der Waals surface area contributed by atoms with E-state index in [2.05, 4.69) is 34.4 Å². The number of hydrogen-bond acceptors (Lipinski definition) is 5. The maximum absolute atomic E-state index is 5.32. The van der Waals surface area contributed by atoms with Crippen LogP contribution in [0.5, 0.6) is 5.75 Å². The number of para-hydroxylation sites is 2. The van der Waals surface area contributed by atoms with Crippen LogP contribution in [0.15, 0.2) is 36.7 Å². The van der Waals surface area contributed by atoms with E-state index in [4.69, 9.17) is 4.74 Å². The summed E-state index contributed by atoms with van der Waals surface area (Å²) in [4.78, 5) is 8.46. The molecule has 2 aromatic rings. The number of rotatable bonds is 7. The SMILES string of the molecule is COc1ccccc1Nc1cc(NCCC(C)C)ncn1. The van der Waals surface area contributed by atoms with Crippen LogP contribution in [0, 0.1) is 5.92 Å². The van der Waals surface area contributed by atoms with E-state index in [-0.39, 0.29) is 0 Å². The topological polar surface area (TPSA) is 59.1 Å². The van der Waals surface area contributed by atoms with E-state index >= 15 is 0 Å².